The Hall–Kier alpha value is -1.77. The number of carbonyl (C=O) groups excluding carboxylic acids is 1. The average Bonchev–Trinajstić information content (AvgIpc) is 2.88. The number of H-pyrrole nitrogens is 1. The van der Waals surface area contributed by atoms with Crippen LogP contribution in [0.4, 0.5) is 0 Å². The van der Waals surface area contributed by atoms with Crippen molar-refractivity contribution in [3.63, 3.8) is 0 Å². The van der Waals surface area contributed by atoms with Crippen LogP contribution in [0.2, 0.25) is 0 Å². The molecule has 1 aromatic heterocycles. The maximum Gasteiger partial charge on any atom is 0.220 e. The van der Waals surface area contributed by atoms with Crippen molar-refractivity contribution < 1.29 is 4.79 Å². The molecule has 0 unspecified atom stereocenters. The van der Waals surface area contributed by atoms with Crippen LogP contribution in [-0.4, -0.2) is 16.9 Å². The Balaban J connectivity index is 1.78. The molecule has 21 heavy (non-hydrogen) atoms. The van der Waals surface area contributed by atoms with E-state index in [0.717, 1.165) is 18.4 Å². The standard InChI is InChI=1S/C18H26N2O/c1-3-4-5-8-14(2)20-18(21)12-11-15-13-19-17-10-7-6-9-16(15)17/h6-7,9-10,13-14,19H,3-5,8,11-12H2,1-2H3,(H,20,21)/t14-/m1/s1. The van der Waals surface area contributed by atoms with E-state index in [1.54, 1.807) is 0 Å². The summed E-state index contributed by atoms with van der Waals surface area (Å²) in [7, 11) is 0. The van der Waals surface area contributed by atoms with Crippen LogP contribution in [-0.2, 0) is 11.2 Å². The molecular weight excluding hydrogens is 260 g/mol. The van der Waals surface area contributed by atoms with Gasteiger partial charge in [-0.1, -0.05) is 44.4 Å². The van der Waals surface area contributed by atoms with Gasteiger partial charge in [-0.05, 0) is 31.4 Å². The molecule has 0 bridgehead atoms. The summed E-state index contributed by atoms with van der Waals surface area (Å²) >= 11 is 0. The van der Waals surface area contributed by atoms with E-state index in [4.69, 9.17) is 0 Å². The van der Waals surface area contributed by atoms with Crippen LogP contribution in [0.15, 0.2) is 30.5 Å². The first kappa shape index (κ1) is 15.6. The highest BCUT2D eigenvalue weighted by Crippen LogP contribution is 2.18. The number of benzene rings is 1. The highest BCUT2D eigenvalue weighted by molar-refractivity contribution is 5.84. The second-order valence-electron chi connectivity index (χ2n) is 5.82. The van der Waals surface area contributed by atoms with E-state index in [2.05, 4.69) is 36.3 Å². The van der Waals surface area contributed by atoms with Crippen LogP contribution in [0.25, 0.3) is 10.9 Å². The van der Waals surface area contributed by atoms with Gasteiger partial charge in [0.15, 0.2) is 0 Å². The van der Waals surface area contributed by atoms with Crippen LogP contribution in [0.3, 0.4) is 0 Å². The van der Waals surface area contributed by atoms with Gasteiger partial charge in [-0.15, -0.1) is 0 Å². The van der Waals surface area contributed by atoms with E-state index in [1.165, 1.54) is 30.2 Å². The number of aromatic amines is 1. The van der Waals surface area contributed by atoms with Gasteiger partial charge in [-0.2, -0.15) is 0 Å². The summed E-state index contributed by atoms with van der Waals surface area (Å²) in [6.07, 6.45) is 8.10. The minimum absolute atomic E-state index is 0.157. The van der Waals surface area contributed by atoms with Crippen LogP contribution >= 0.6 is 0 Å². The Labute approximate surface area is 127 Å². The first-order valence-corrected chi connectivity index (χ1v) is 8.05. The maximum atomic E-state index is 12.0. The lowest BCUT2D eigenvalue weighted by Gasteiger charge is -2.13. The topological polar surface area (TPSA) is 44.9 Å². The van der Waals surface area contributed by atoms with Crippen molar-refractivity contribution in [2.75, 3.05) is 0 Å². The molecule has 2 rings (SSSR count). The molecule has 3 heteroatoms. The zero-order chi connectivity index (χ0) is 15.1. The van der Waals surface area contributed by atoms with Gasteiger partial charge in [0.2, 0.25) is 5.91 Å². The summed E-state index contributed by atoms with van der Waals surface area (Å²) < 4.78 is 0. The monoisotopic (exact) mass is 286 g/mol. The molecule has 0 aliphatic rings. The Morgan fingerprint density at radius 3 is 2.90 bits per heavy atom. The Kier molecular flexibility index (Phi) is 5.85. The number of hydrogen-bond donors (Lipinski definition) is 2. The van der Waals surface area contributed by atoms with E-state index in [-0.39, 0.29) is 11.9 Å². The molecule has 0 fully saturated rings. The lowest BCUT2D eigenvalue weighted by atomic mass is 10.1. The fourth-order valence-corrected chi connectivity index (χ4v) is 2.71. The van der Waals surface area contributed by atoms with Crippen molar-refractivity contribution in [3.8, 4) is 0 Å². The maximum absolute atomic E-state index is 12.0. The number of para-hydroxylation sites is 1. The van der Waals surface area contributed by atoms with Crippen molar-refractivity contribution in [2.24, 2.45) is 0 Å². The van der Waals surface area contributed by atoms with Gasteiger partial charge < -0.3 is 10.3 Å². The molecule has 2 aromatic rings. The van der Waals surface area contributed by atoms with E-state index in [9.17, 15) is 4.79 Å². The predicted octanol–water partition coefficient (Wildman–Crippen LogP) is 4.19. The molecule has 2 N–H and O–H groups in total. The molecule has 0 spiro atoms. The van der Waals surface area contributed by atoms with Crippen LogP contribution in [0.1, 0.15) is 51.5 Å². The van der Waals surface area contributed by atoms with Gasteiger partial charge >= 0.3 is 0 Å². The summed E-state index contributed by atoms with van der Waals surface area (Å²) in [6.45, 7) is 4.30. The fraction of sp³-hybridized carbons (Fsp3) is 0.500. The summed E-state index contributed by atoms with van der Waals surface area (Å²) in [4.78, 5) is 15.3. The predicted molar refractivity (Wildman–Crippen MR) is 88.4 cm³/mol. The number of nitrogens with one attached hydrogen (secondary N) is 2. The molecule has 0 radical (unpaired) electrons. The summed E-state index contributed by atoms with van der Waals surface area (Å²) in [5.41, 5.74) is 2.36. The van der Waals surface area contributed by atoms with Gasteiger partial charge in [-0.3, -0.25) is 4.79 Å². The van der Waals surface area contributed by atoms with Gasteiger partial charge in [-0.25, -0.2) is 0 Å². The molecule has 0 aliphatic carbocycles. The zero-order valence-corrected chi connectivity index (χ0v) is 13.1. The van der Waals surface area contributed by atoms with Crippen molar-refractivity contribution in [3.05, 3.63) is 36.0 Å². The number of aromatic nitrogens is 1. The lowest BCUT2D eigenvalue weighted by molar-refractivity contribution is -0.121. The fourth-order valence-electron chi connectivity index (χ4n) is 2.71. The molecule has 3 nitrogen and oxygen atoms in total. The largest absolute Gasteiger partial charge is 0.361 e. The van der Waals surface area contributed by atoms with Gasteiger partial charge in [0.1, 0.15) is 0 Å². The molecule has 1 aromatic carbocycles. The second-order valence-corrected chi connectivity index (χ2v) is 5.82. The number of unbranched alkanes of at least 4 members (excludes halogenated alkanes) is 2. The summed E-state index contributed by atoms with van der Waals surface area (Å²) in [5.74, 6) is 0.157. The average molecular weight is 286 g/mol. The van der Waals surface area contributed by atoms with Crippen molar-refractivity contribution in [1.82, 2.24) is 10.3 Å². The first-order valence-electron chi connectivity index (χ1n) is 8.05. The summed E-state index contributed by atoms with van der Waals surface area (Å²) in [6, 6.07) is 8.51. The number of carbonyl (C=O) groups is 1. The second kappa shape index (κ2) is 7.87. The van der Waals surface area contributed by atoms with Crippen LogP contribution in [0.5, 0.6) is 0 Å². The van der Waals surface area contributed by atoms with E-state index >= 15 is 0 Å². The SMILES string of the molecule is CCCCC[C@@H](C)NC(=O)CCc1c[nH]c2ccccc12. The van der Waals surface area contributed by atoms with Crippen molar-refractivity contribution >= 4 is 16.8 Å². The molecule has 1 heterocycles. The van der Waals surface area contributed by atoms with E-state index in [1.807, 2.05) is 18.3 Å². The molecule has 1 amide bonds. The Morgan fingerprint density at radius 2 is 2.10 bits per heavy atom. The van der Waals surface area contributed by atoms with Gasteiger partial charge in [0, 0.05) is 29.6 Å². The van der Waals surface area contributed by atoms with Crippen molar-refractivity contribution in [2.45, 2.75) is 58.4 Å². The van der Waals surface area contributed by atoms with Crippen LogP contribution < -0.4 is 5.32 Å². The smallest absolute Gasteiger partial charge is 0.220 e. The van der Waals surface area contributed by atoms with E-state index < -0.39 is 0 Å². The lowest BCUT2D eigenvalue weighted by Crippen LogP contribution is -2.32. The Bertz CT molecular complexity index is 573. The first-order chi connectivity index (χ1) is 10.2. The highest BCUT2D eigenvalue weighted by atomic mass is 16.1. The van der Waals surface area contributed by atoms with Crippen LogP contribution in [0, 0.1) is 0 Å². The van der Waals surface area contributed by atoms with E-state index in [0.29, 0.717) is 6.42 Å². The number of fused-ring (bicyclic) bond motifs is 1. The molecular formula is C18H26N2O. The molecule has 0 aliphatic heterocycles. The van der Waals surface area contributed by atoms with Crippen molar-refractivity contribution in [1.29, 1.82) is 0 Å². The zero-order valence-electron chi connectivity index (χ0n) is 13.1. The Morgan fingerprint density at radius 1 is 1.29 bits per heavy atom. The number of aryl methyl sites for hydroxylation is 1. The van der Waals surface area contributed by atoms with Gasteiger partial charge in [0.05, 0.1) is 0 Å². The third-order valence-corrected chi connectivity index (χ3v) is 3.94. The minimum atomic E-state index is 0.157. The minimum Gasteiger partial charge on any atom is -0.361 e. The highest BCUT2D eigenvalue weighted by Gasteiger charge is 2.09. The third-order valence-electron chi connectivity index (χ3n) is 3.94. The number of amides is 1. The third kappa shape index (κ3) is 4.62. The molecule has 1 atom stereocenters. The number of rotatable bonds is 8. The quantitative estimate of drug-likeness (QED) is 0.702. The molecule has 114 valence electrons. The number of hydrogen-bond acceptors (Lipinski definition) is 1. The molecule has 0 saturated carbocycles. The van der Waals surface area contributed by atoms with Gasteiger partial charge in [0.25, 0.3) is 0 Å². The molecule has 0 saturated heterocycles. The summed E-state index contributed by atoms with van der Waals surface area (Å²) in [5, 5.41) is 4.32. The normalized spacial score (nSPS) is 12.5.